The van der Waals surface area contributed by atoms with E-state index in [1.165, 1.54) is 23.1 Å². The van der Waals surface area contributed by atoms with Gasteiger partial charge < -0.3 is 14.3 Å². The first-order valence-electron chi connectivity index (χ1n) is 8.06. The molecule has 3 aromatic heterocycles. The molecule has 3 aromatic rings. The molecule has 0 atom stereocenters. The van der Waals surface area contributed by atoms with Crippen molar-refractivity contribution in [2.45, 2.75) is 38.1 Å². The molecule has 0 spiro atoms. The van der Waals surface area contributed by atoms with Gasteiger partial charge in [-0.05, 0) is 26.3 Å². The van der Waals surface area contributed by atoms with E-state index in [1.807, 2.05) is 13.8 Å². The largest absolute Gasteiger partial charge is 0.466 e. The first-order chi connectivity index (χ1) is 12.4. The molecule has 0 aliphatic carbocycles. The lowest BCUT2D eigenvalue weighted by molar-refractivity contribution is -0.142. The second-order valence-electron chi connectivity index (χ2n) is 5.70. The molecule has 0 aromatic carbocycles. The molecule has 0 fully saturated rings. The van der Waals surface area contributed by atoms with Crippen LogP contribution >= 0.6 is 23.1 Å². The molecule has 0 saturated carbocycles. The van der Waals surface area contributed by atoms with E-state index in [0.29, 0.717) is 34.6 Å². The second-order valence-corrected chi connectivity index (χ2v) is 7.85. The van der Waals surface area contributed by atoms with Crippen LogP contribution in [0.4, 0.5) is 0 Å². The molecule has 0 bridgehead atoms. The Morgan fingerprint density at radius 1 is 1.35 bits per heavy atom. The number of carbonyl (C=O) groups excluding carboxylic acids is 1. The van der Waals surface area contributed by atoms with Crippen LogP contribution in [0.3, 0.4) is 0 Å². The standard InChI is InChI=1S/C16H19N5O3S2/c1-5-24-12(22)6-11-19-20-16(21(11)4)25-7-10-17-14(23)13-8(2)9(3)26-15(13)18-10/h5-7H2,1-4H3,(H,17,18,23). The van der Waals surface area contributed by atoms with Gasteiger partial charge in [0, 0.05) is 11.9 Å². The summed E-state index contributed by atoms with van der Waals surface area (Å²) in [6, 6.07) is 0. The molecule has 138 valence electrons. The molecule has 8 nitrogen and oxygen atoms in total. The van der Waals surface area contributed by atoms with E-state index >= 15 is 0 Å². The monoisotopic (exact) mass is 393 g/mol. The summed E-state index contributed by atoms with van der Waals surface area (Å²) < 4.78 is 6.68. The van der Waals surface area contributed by atoms with Crippen LogP contribution in [0.2, 0.25) is 0 Å². The number of H-pyrrole nitrogens is 1. The molecule has 26 heavy (non-hydrogen) atoms. The van der Waals surface area contributed by atoms with E-state index in [4.69, 9.17) is 4.74 Å². The number of nitrogens with zero attached hydrogens (tertiary/aromatic N) is 4. The number of hydrogen-bond donors (Lipinski definition) is 1. The second kappa shape index (κ2) is 7.58. The lowest BCUT2D eigenvalue weighted by Crippen LogP contribution is -2.12. The van der Waals surface area contributed by atoms with Gasteiger partial charge in [0.05, 0.1) is 17.7 Å². The number of rotatable bonds is 6. The Hall–Kier alpha value is -2.20. The zero-order valence-electron chi connectivity index (χ0n) is 15.0. The molecule has 0 radical (unpaired) electrons. The number of thioether (sulfide) groups is 1. The van der Waals surface area contributed by atoms with Gasteiger partial charge in [0.25, 0.3) is 5.56 Å². The summed E-state index contributed by atoms with van der Waals surface area (Å²) in [4.78, 5) is 33.1. The molecule has 10 heteroatoms. The first kappa shape index (κ1) is 18.6. The maximum Gasteiger partial charge on any atom is 0.313 e. The molecular formula is C16H19N5O3S2. The summed E-state index contributed by atoms with van der Waals surface area (Å²) in [5.41, 5.74) is 0.864. The number of nitrogens with one attached hydrogen (secondary N) is 1. The van der Waals surface area contributed by atoms with Gasteiger partial charge in [-0.1, -0.05) is 11.8 Å². The number of thiophene rings is 1. The maximum absolute atomic E-state index is 12.3. The molecule has 0 unspecified atom stereocenters. The van der Waals surface area contributed by atoms with Crippen molar-refractivity contribution in [3.05, 3.63) is 32.4 Å². The van der Waals surface area contributed by atoms with Gasteiger partial charge in [-0.25, -0.2) is 4.98 Å². The zero-order valence-corrected chi connectivity index (χ0v) is 16.6. The van der Waals surface area contributed by atoms with Crippen molar-refractivity contribution < 1.29 is 9.53 Å². The predicted molar refractivity (Wildman–Crippen MR) is 101 cm³/mol. The lowest BCUT2D eigenvalue weighted by atomic mass is 10.2. The minimum absolute atomic E-state index is 0.0761. The van der Waals surface area contributed by atoms with E-state index in [1.54, 1.807) is 18.5 Å². The molecule has 1 N–H and O–H groups in total. The van der Waals surface area contributed by atoms with E-state index in [9.17, 15) is 9.59 Å². The van der Waals surface area contributed by atoms with Crippen LogP contribution in [-0.4, -0.2) is 37.3 Å². The van der Waals surface area contributed by atoms with Gasteiger partial charge in [0.1, 0.15) is 22.9 Å². The van der Waals surface area contributed by atoms with Gasteiger partial charge in [0.15, 0.2) is 5.16 Å². The van der Waals surface area contributed by atoms with Gasteiger partial charge in [-0.2, -0.15) is 0 Å². The Labute approximate surface area is 158 Å². The fourth-order valence-corrected chi connectivity index (χ4v) is 4.32. The highest BCUT2D eigenvalue weighted by Crippen LogP contribution is 2.27. The fraction of sp³-hybridized carbons (Fsp3) is 0.438. The predicted octanol–water partition coefficient (Wildman–Crippen LogP) is 2.13. The van der Waals surface area contributed by atoms with Gasteiger partial charge in [-0.15, -0.1) is 21.5 Å². The number of esters is 1. The van der Waals surface area contributed by atoms with Crippen LogP contribution in [0, 0.1) is 13.8 Å². The van der Waals surface area contributed by atoms with Crippen LogP contribution in [-0.2, 0) is 28.8 Å². The minimum atomic E-state index is -0.334. The number of ether oxygens (including phenoxy) is 1. The third kappa shape index (κ3) is 3.65. The highest BCUT2D eigenvalue weighted by molar-refractivity contribution is 7.98. The summed E-state index contributed by atoms with van der Waals surface area (Å²) in [5.74, 6) is 1.24. The van der Waals surface area contributed by atoms with E-state index in [-0.39, 0.29) is 17.9 Å². The molecule has 0 aliphatic heterocycles. The molecule has 3 heterocycles. The number of aromatic amines is 1. The highest BCUT2D eigenvalue weighted by Gasteiger charge is 2.15. The normalized spacial score (nSPS) is 11.2. The number of aryl methyl sites for hydroxylation is 2. The van der Waals surface area contributed by atoms with Gasteiger partial charge in [-0.3, -0.25) is 9.59 Å². The SMILES string of the molecule is CCOC(=O)Cc1nnc(SCc2nc3sc(C)c(C)c3c(=O)[nH]2)n1C. The lowest BCUT2D eigenvalue weighted by Gasteiger charge is -2.04. The maximum atomic E-state index is 12.3. The Kier molecular flexibility index (Phi) is 5.42. The van der Waals surface area contributed by atoms with Crippen LogP contribution in [0.5, 0.6) is 0 Å². The van der Waals surface area contributed by atoms with Crippen molar-refractivity contribution in [2.24, 2.45) is 7.05 Å². The quantitative estimate of drug-likeness (QED) is 0.505. The van der Waals surface area contributed by atoms with Crippen LogP contribution in [0.15, 0.2) is 9.95 Å². The van der Waals surface area contributed by atoms with Crippen molar-refractivity contribution in [1.29, 1.82) is 0 Å². The number of aromatic nitrogens is 5. The van der Waals surface area contributed by atoms with Crippen molar-refractivity contribution in [3.63, 3.8) is 0 Å². The molecular weight excluding hydrogens is 374 g/mol. The van der Waals surface area contributed by atoms with Crippen LogP contribution < -0.4 is 5.56 Å². The van der Waals surface area contributed by atoms with Crippen molar-refractivity contribution in [3.8, 4) is 0 Å². The van der Waals surface area contributed by atoms with Gasteiger partial charge >= 0.3 is 5.97 Å². The summed E-state index contributed by atoms with van der Waals surface area (Å²) in [6.07, 6.45) is 0.0761. The number of hydrogen-bond acceptors (Lipinski definition) is 8. The summed E-state index contributed by atoms with van der Waals surface area (Å²) in [5, 5.41) is 9.44. The average molecular weight is 393 g/mol. The zero-order chi connectivity index (χ0) is 18.8. The minimum Gasteiger partial charge on any atom is -0.466 e. The van der Waals surface area contributed by atoms with Crippen molar-refractivity contribution in [1.82, 2.24) is 24.7 Å². The van der Waals surface area contributed by atoms with Crippen molar-refractivity contribution >= 4 is 39.3 Å². The summed E-state index contributed by atoms with van der Waals surface area (Å²) in [6.45, 7) is 6.02. The van der Waals surface area contributed by atoms with Crippen molar-refractivity contribution in [2.75, 3.05) is 6.61 Å². The van der Waals surface area contributed by atoms with E-state index in [2.05, 4.69) is 20.2 Å². The Morgan fingerprint density at radius 2 is 2.12 bits per heavy atom. The highest BCUT2D eigenvalue weighted by atomic mass is 32.2. The summed E-state index contributed by atoms with van der Waals surface area (Å²) >= 11 is 2.92. The Balaban J connectivity index is 1.75. The molecule has 3 rings (SSSR count). The molecule has 0 saturated heterocycles. The third-order valence-corrected chi connectivity index (χ3v) is 6.09. The number of fused-ring (bicyclic) bond motifs is 1. The van der Waals surface area contributed by atoms with E-state index in [0.717, 1.165) is 15.3 Å². The fourth-order valence-electron chi connectivity index (χ4n) is 2.47. The topological polar surface area (TPSA) is 103 Å². The van der Waals surface area contributed by atoms with Crippen LogP contribution in [0.1, 0.15) is 29.0 Å². The van der Waals surface area contributed by atoms with Crippen LogP contribution in [0.25, 0.3) is 10.2 Å². The number of carbonyl (C=O) groups is 1. The summed E-state index contributed by atoms with van der Waals surface area (Å²) in [7, 11) is 1.79. The third-order valence-electron chi connectivity index (χ3n) is 3.96. The van der Waals surface area contributed by atoms with Gasteiger partial charge in [0.2, 0.25) is 0 Å². The average Bonchev–Trinajstić information content (AvgIpc) is 3.06. The smallest absolute Gasteiger partial charge is 0.313 e. The van der Waals surface area contributed by atoms with E-state index < -0.39 is 0 Å². The first-order valence-corrected chi connectivity index (χ1v) is 9.86. The molecule has 0 aliphatic rings. The Morgan fingerprint density at radius 3 is 2.85 bits per heavy atom. The Bertz CT molecular complexity index is 1020. The molecule has 0 amide bonds.